The van der Waals surface area contributed by atoms with Crippen LogP contribution in [0.1, 0.15) is 5.56 Å². The highest BCUT2D eigenvalue weighted by molar-refractivity contribution is 14.0. The average molecular weight is 539 g/mol. The monoisotopic (exact) mass is 538 g/mol. The molecule has 0 fully saturated rings. The number of nitrogens with zero attached hydrogens (tertiary/aromatic N) is 1. The van der Waals surface area contributed by atoms with Gasteiger partial charge in [0.2, 0.25) is 10.0 Å². The van der Waals surface area contributed by atoms with Gasteiger partial charge in [-0.25, -0.2) is 13.1 Å². The molecule has 0 radical (unpaired) electrons. The number of guanidine groups is 1. The Morgan fingerprint density at radius 2 is 1.86 bits per heavy atom. The molecule has 0 spiro atoms. The lowest BCUT2D eigenvalue weighted by Crippen LogP contribution is -2.41. The van der Waals surface area contributed by atoms with Crippen LogP contribution in [0.25, 0.3) is 0 Å². The van der Waals surface area contributed by atoms with Crippen molar-refractivity contribution in [3.05, 3.63) is 59.1 Å². The third kappa shape index (κ3) is 7.82. The summed E-state index contributed by atoms with van der Waals surface area (Å²) in [7, 11) is -0.327. The highest BCUT2D eigenvalue weighted by Gasteiger charge is 2.13. The van der Waals surface area contributed by atoms with Gasteiger partial charge in [0.25, 0.3) is 0 Å². The standard InChI is InChI=1S/C18H23ClN4O3S.HI/c1-20-18(22-13-14-5-3-7-16(11-14)26-2)21-9-10-23-27(24,25)17-8-4-6-15(19)12-17;/h3-8,11-12,23H,9-10,13H2,1-2H3,(H2,20,21,22);1H. The molecule has 0 saturated carbocycles. The van der Waals surface area contributed by atoms with E-state index in [0.717, 1.165) is 11.3 Å². The van der Waals surface area contributed by atoms with Crippen molar-refractivity contribution in [3.8, 4) is 5.75 Å². The molecule has 0 unspecified atom stereocenters. The number of rotatable bonds is 8. The third-order valence-electron chi connectivity index (χ3n) is 3.63. The van der Waals surface area contributed by atoms with Crippen molar-refractivity contribution in [3.63, 3.8) is 0 Å². The third-order valence-corrected chi connectivity index (χ3v) is 5.33. The van der Waals surface area contributed by atoms with E-state index >= 15 is 0 Å². The summed E-state index contributed by atoms with van der Waals surface area (Å²) >= 11 is 5.84. The molecule has 0 aromatic heterocycles. The molecule has 0 amide bonds. The lowest BCUT2D eigenvalue weighted by Gasteiger charge is -2.13. The molecule has 0 aliphatic carbocycles. The minimum Gasteiger partial charge on any atom is -0.497 e. The number of methoxy groups -OCH3 is 1. The largest absolute Gasteiger partial charge is 0.497 e. The summed E-state index contributed by atoms with van der Waals surface area (Å²) in [6.07, 6.45) is 0. The fourth-order valence-electron chi connectivity index (χ4n) is 2.27. The number of sulfonamides is 1. The van der Waals surface area contributed by atoms with Crippen LogP contribution in [0.5, 0.6) is 5.75 Å². The number of nitrogens with one attached hydrogen (secondary N) is 3. The molecule has 3 N–H and O–H groups in total. The lowest BCUT2D eigenvalue weighted by atomic mass is 10.2. The predicted molar refractivity (Wildman–Crippen MR) is 123 cm³/mol. The Kier molecular flexibility index (Phi) is 10.6. The first-order chi connectivity index (χ1) is 12.9. The van der Waals surface area contributed by atoms with Gasteiger partial charge in [0.1, 0.15) is 5.75 Å². The van der Waals surface area contributed by atoms with Crippen LogP contribution in [0.2, 0.25) is 5.02 Å². The molecule has 0 bridgehead atoms. The van der Waals surface area contributed by atoms with Crippen LogP contribution < -0.4 is 20.1 Å². The first kappa shape index (κ1) is 24.5. The zero-order valence-electron chi connectivity index (χ0n) is 15.6. The number of hydrogen-bond acceptors (Lipinski definition) is 4. The maximum atomic E-state index is 12.2. The zero-order valence-corrected chi connectivity index (χ0v) is 19.5. The van der Waals surface area contributed by atoms with Crippen LogP contribution in [0.3, 0.4) is 0 Å². The molecule has 2 aromatic carbocycles. The van der Waals surface area contributed by atoms with Gasteiger partial charge in [-0.15, -0.1) is 24.0 Å². The minimum atomic E-state index is -3.60. The van der Waals surface area contributed by atoms with Gasteiger partial charge >= 0.3 is 0 Å². The molecule has 0 saturated heterocycles. The molecule has 2 rings (SSSR count). The van der Waals surface area contributed by atoms with Crippen LogP contribution in [-0.2, 0) is 16.6 Å². The number of halogens is 2. The second kappa shape index (κ2) is 12.1. The molecule has 0 aliphatic heterocycles. The van der Waals surface area contributed by atoms with Gasteiger partial charge in [-0.2, -0.15) is 0 Å². The average Bonchev–Trinajstić information content (AvgIpc) is 2.67. The Balaban J connectivity index is 0.00000392. The topological polar surface area (TPSA) is 91.8 Å². The van der Waals surface area contributed by atoms with Crippen molar-refractivity contribution in [2.75, 3.05) is 27.2 Å². The zero-order chi connectivity index (χ0) is 19.7. The van der Waals surface area contributed by atoms with Gasteiger partial charge in [-0.3, -0.25) is 4.99 Å². The first-order valence-electron chi connectivity index (χ1n) is 8.27. The molecule has 2 aromatic rings. The Morgan fingerprint density at radius 1 is 1.11 bits per heavy atom. The Bertz CT molecular complexity index is 894. The molecule has 10 heteroatoms. The van der Waals surface area contributed by atoms with Gasteiger partial charge in [0, 0.05) is 31.7 Å². The van der Waals surface area contributed by atoms with E-state index in [1.54, 1.807) is 26.3 Å². The predicted octanol–water partition coefficient (Wildman–Crippen LogP) is 2.61. The summed E-state index contributed by atoms with van der Waals surface area (Å²) in [6, 6.07) is 13.8. The number of hydrogen-bond donors (Lipinski definition) is 3. The molecule has 7 nitrogen and oxygen atoms in total. The summed E-state index contributed by atoms with van der Waals surface area (Å²) in [5, 5.41) is 6.59. The van der Waals surface area contributed by atoms with Crippen LogP contribution in [0.15, 0.2) is 58.4 Å². The summed E-state index contributed by atoms with van der Waals surface area (Å²) in [4.78, 5) is 4.25. The smallest absolute Gasteiger partial charge is 0.240 e. The summed E-state index contributed by atoms with van der Waals surface area (Å²) in [5.41, 5.74) is 1.04. The quantitative estimate of drug-likeness (QED) is 0.208. The minimum absolute atomic E-state index is 0. The Labute approximate surface area is 188 Å². The Morgan fingerprint density at radius 3 is 2.54 bits per heavy atom. The van der Waals surface area contributed by atoms with Crippen LogP contribution in [-0.4, -0.2) is 41.6 Å². The van der Waals surface area contributed by atoms with E-state index in [1.807, 2.05) is 24.3 Å². The number of aliphatic imine (C=N–C) groups is 1. The van der Waals surface area contributed by atoms with E-state index in [-0.39, 0.29) is 35.4 Å². The van der Waals surface area contributed by atoms with Gasteiger partial charge in [0.15, 0.2) is 5.96 Å². The number of ether oxygens (including phenoxy) is 1. The lowest BCUT2D eigenvalue weighted by molar-refractivity contribution is 0.414. The maximum absolute atomic E-state index is 12.2. The van der Waals surface area contributed by atoms with Crippen molar-refractivity contribution in [1.29, 1.82) is 0 Å². The molecule has 0 aliphatic rings. The van der Waals surface area contributed by atoms with E-state index in [1.165, 1.54) is 12.1 Å². The van der Waals surface area contributed by atoms with Crippen molar-refractivity contribution in [2.45, 2.75) is 11.4 Å². The van der Waals surface area contributed by atoms with E-state index in [2.05, 4.69) is 20.3 Å². The maximum Gasteiger partial charge on any atom is 0.240 e. The molecule has 154 valence electrons. The normalized spacial score (nSPS) is 11.5. The SMILES string of the molecule is CN=C(NCCNS(=O)(=O)c1cccc(Cl)c1)NCc1cccc(OC)c1.I. The molecular formula is C18H24ClIN4O3S. The first-order valence-corrected chi connectivity index (χ1v) is 10.1. The highest BCUT2D eigenvalue weighted by Crippen LogP contribution is 2.15. The fourth-order valence-corrected chi connectivity index (χ4v) is 3.60. The summed E-state index contributed by atoms with van der Waals surface area (Å²) < 4.78 is 32.1. The van der Waals surface area contributed by atoms with Crippen molar-refractivity contribution >= 4 is 51.6 Å². The molecule has 0 atom stereocenters. The summed E-state index contributed by atoms with van der Waals surface area (Å²) in [6.45, 7) is 1.14. The second-order valence-corrected chi connectivity index (χ2v) is 7.76. The fraction of sp³-hybridized carbons (Fsp3) is 0.278. The van der Waals surface area contributed by atoms with E-state index < -0.39 is 10.0 Å². The van der Waals surface area contributed by atoms with Gasteiger partial charge < -0.3 is 15.4 Å². The van der Waals surface area contributed by atoms with Gasteiger partial charge in [-0.1, -0.05) is 29.8 Å². The van der Waals surface area contributed by atoms with Crippen molar-refractivity contribution in [2.24, 2.45) is 4.99 Å². The van der Waals surface area contributed by atoms with E-state index in [4.69, 9.17) is 16.3 Å². The van der Waals surface area contributed by atoms with Crippen LogP contribution in [0, 0.1) is 0 Å². The van der Waals surface area contributed by atoms with Crippen molar-refractivity contribution in [1.82, 2.24) is 15.4 Å². The highest BCUT2D eigenvalue weighted by atomic mass is 127. The number of benzene rings is 2. The van der Waals surface area contributed by atoms with E-state index in [0.29, 0.717) is 24.1 Å². The Hall–Kier alpha value is -1.56. The molecule has 28 heavy (non-hydrogen) atoms. The second-order valence-electron chi connectivity index (χ2n) is 5.56. The van der Waals surface area contributed by atoms with Crippen LogP contribution in [0.4, 0.5) is 0 Å². The molecule has 0 heterocycles. The molecular weight excluding hydrogens is 515 g/mol. The summed E-state index contributed by atoms with van der Waals surface area (Å²) in [5.74, 6) is 1.35. The van der Waals surface area contributed by atoms with Gasteiger partial charge in [0.05, 0.1) is 12.0 Å². The van der Waals surface area contributed by atoms with E-state index in [9.17, 15) is 8.42 Å². The van der Waals surface area contributed by atoms with Crippen molar-refractivity contribution < 1.29 is 13.2 Å². The van der Waals surface area contributed by atoms with Gasteiger partial charge in [-0.05, 0) is 35.9 Å². The van der Waals surface area contributed by atoms with Crippen LogP contribution >= 0.6 is 35.6 Å².